The second kappa shape index (κ2) is 8.06. The Balaban J connectivity index is 1.39. The van der Waals surface area contributed by atoms with Gasteiger partial charge >= 0.3 is 0 Å². The molecule has 2 fully saturated rings. The maximum Gasteiger partial charge on any atom is 0.257 e. The molecule has 0 N–H and O–H groups in total. The number of furan rings is 1. The third-order valence-corrected chi connectivity index (χ3v) is 6.27. The average Bonchev–Trinajstić information content (AvgIpc) is 3.39. The predicted molar refractivity (Wildman–Crippen MR) is 116 cm³/mol. The van der Waals surface area contributed by atoms with Gasteiger partial charge in [-0.05, 0) is 44.0 Å². The highest BCUT2D eigenvalue weighted by Crippen LogP contribution is 2.30. The summed E-state index contributed by atoms with van der Waals surface area (Å²) in [6.07, 6.45) is 4.93. The van der Waals surface area contributed by atoms with Crippen LogP contribution in [0.4, 0.5) is 0 Å². The number of carbonyl (C=O) groups is 2. The first kappa shape index (κ1) is 19.6. The Morgan fingerprint density at radius 3 is 2.29 bits per heavy atom. The standard InChI is InChI=1S/C24H26N4O3/c1-17-10-11-21(31-17)22-20(16-28(25-22)19-8-3-2-4-9-19)24(30)27-14-12-26(13-15-27)23(29)18-6-5-7-18/h2-4,8-11,16,18H,5-7,12-15H2,1H3. The van der Waals surface area contributed by atoms with Crippen molar-refractivity contribution in [1.82, 2.24) is 19.6 Å². The topological polar surface area (TPSA) is 71.6 Å². The summed E-state index contributed by atoms with van der Waals surface area (Å²) < 4.78 is 7.51. The third-order valence-electron chi connectivity index (χ3n) is 6.27. The van der Waals surface area contributed by atoms with Gasteiger partial charge in [0.25, 0.3) is 5.91 Å². The molecule has 31 heavy (non-hydrogen) atoms. The number of hydrogen-bond acceptors (Lipinski definition) is 4. The van der Waals surface area contributed by atoms with E-state index in [0.717, 1.165) is 30.7 Å². The molecule has 1 aromatic carbocycles. The zero-order valence-corrected chi connectivity index (χ0v) is 17.7. The number of nitrogens with zero attached hydrogens (tertiary/aromatic N) is 4. The van der Waals surface area contributed by atoms with Gasteiger partial charge in [0, 0.05) is 38.3 Å². The molecule has 2 amide bonds. The quantitative estimate of drug-likeness (QED) is 0.650. The van der Waals surface area contributed by atoms with E-state index in [1.807, 2.05) is 59.2 Å². The van der Waals surface area contributed by atoms with Gasteiger partial charge in [-0.1, -0.05) is 24.6 Å². The Bertz CT molecular complexity index is 1090. The fourth-order valence-corrected chi connectivity index (χ4v) is 4.20. The first-order valence-corrected chi connectivity index (χ1v) is 10.9. The summed E-state index contributed by atoms with van der Waals surface area (Å²) in [6, 6.07) is 13.4. The van der Waals surface area contributed by atoms with Crippen molar-refractivity contribution in [2.24, 2.45) is 5.92 Å². The fourth-order valence-electron chi connectivity index (χ4n) is 4.20. The van der Waals surface area contributed by atoms with Crippen LogP contribution in [0.2, 0.25) is 0 Å². The number of benzene rings is 1. The molecule has 1 saturated heterocycles. The van der Waals surface area contributed by atoms with Crippen LogP contribution in [0.15, 0.2) is 53.1 Å². The maximum absolute atomic E-state index is 13.5. The van der Waals surface area contributed by atoms with Crippen LogP contribution in [0.5, 0.6) is 0 Å². The summed E-state index contributed by atoms with van der Waals surface area (Å²) in [7, 11) is 0. The molecule has 0 bridgehead atoms. The van der Waals surface area contributed by atoms with E-state index < -0.39 is 0 Å². The number of rotatable bonds is 4. The van der Waals surface area contributed by atoms with Crippen LogP contribution in [-0.4, -0.2) is 57.6 Å². The Kier molecular flexibility index (Phi) is 5.10. The van der Waals surface area contributed by atoms with Crippen molar-refractivity contribution in [2.45, 2.75) is 26.2 Å². The SMILES string of the molecule is Cc1ccc(-c2nn(-c3ccccc3)cc2C(=O)N2CCN(C(=O)C3CCC3)CC2)o1. The summed E-state index contributed by atoms with van der Waals surface area (Å²) >= 11 is 0. The zero-order valence-electron chi connectivity index (χ0n) is 17.7. The molecule has 7 heteroatoms. The highest BCUT2D eigenvalue weighted by atomic mass is 16.3. The minimum absolute atomic E-state index is 0.0815. The summed E-state index contributed by atoms with van der Waals surface area (Å²) in [4.78, 5) is 29.7. The summed E-state index contributed by atoms with van der Waals surface area (Å²) in [5.74, 6) is 1.71. The lowest BCUT2D eigenvalue weighted by Gasteiger charge is -2.38. The molecule has 0 atom stereocenters. The number of aromatic nitrogens is 2. The van der Waals surface area contributed by atoms with E-state index in [2.05, 4.69) is 5.10 Å². The number of amides is 2. The minimum Gasteiger partial charge on any atom is -0.460 e. The van der Waals surface area contributed by atoms with Crippen molar-refractivity contribution in [3.8, 4) is 17.1 Å². The van der Waals surface area contributed by atoms with Crippen molar-refractivity contribution in [3.63, 3.8) is 0 Å². The number of hydrogen-bond donors (Lipinski definition) is 0. The summed E-state index contributed by atoms with van der Waals surface area (Å²) in [5.41, 5.74) is 1.92. The van der Waals surface area contributed by atoms with Gasteiger partial charge in [-0.15, -0.1) is 0 Å². The van der Waals surface area contributed by atoms with Gasteiger partial charge in [0.1, 0.15) is 11.5 Å². The van der Waals surface area contributed by atoms with Crippen molar-refractivity contribution >= 4 is 11.8 Å². The van der Waals surface area contributed by atoms with Crippen LogP contribution in [0.25, 0.3) is 17.1 Å². The third kappa shape index (κ3) is 3.76. The van der Waals surface area contributed by atoms with Crippen molar-refractivity contribution in [3.05, 3.63) is 60.0 Å². The molecule has 1 aliphatic heterocycles. The molecule has 0 spiro atoms. The van der Waals surface area contributed by atoms with Crippen LogP contribution >= 0.6 is 0 Å². The lowest BCUT2D eigenvalue weighted by Crippen LogP contribution is -2.52. The van der Waals surface area contributed by atoms with E-state index in [4.69, 9.17) is 4.42 Å². The normalized spacial score (nSPS) is 16.9. The van der Waals surface area contributed by atoms with Gasteiger partial charge in [-0.2, -0.15) is 5.10 Å². The Hall–Kier alpha value is -3.35. The number of carbonyl (C=O) groups excluding carboxylic acids is 2. The molecule has 3 aromatic rings. The average molecular weight is 418 g/mol. The van der Waals surface area contributed by atoms with Gasteiger partial charge in [0.15, 0.2) is 5.76 Å². The number of piperazine rings is 1. The number of para-hydroxylation sites is 1. The largest absolute Gasteiger partial charge is 0.460 e. The van der Waals surface area contributed by atoms with Gasteiger partial charge in [0.05, 0.1) is 11.3 Å². The highest BCUT2D eigenvalue weighted by molar-refractivity contribution is 5.99. The Labute approximate surface area is 181 Å². The lowest BCUT2D eigenvalue weighted by molar-refractivity contribution is -0.139. The van der Waals surface area contributed by atoms with E-state index in [1.54, 1.807) is 10.9 Å². The summed E-state index contributed by atoms with van der Waals surface area (Å²) in [5, 5.41) is 4.68. The molecular formula is C24H26N4O3. The second-order valence-corrected chi connectivity index (χ2v) is 8.33. The van der Waals surface area contributed by atoms with Gasteiger partial charge in [0.2, 0.25) is 5.91 Å². The van der Waals surface area contributed by atoms with Crippen molar-refractivity contribution in [1.29, 1.82) is 0 Å². The van der Waals surface area contributed by atoms with Gasteiger partial charge < -0.3 is 14.2 Å². The van der Waals surface area contributed by atoms with E-state index in [-0.39, 0.29) is 17.7 Å². The van der Waals surface area contributed by atoms with Crippen molar-refractivity contribution in [2.75, 3.05) is 26.2 Å². The number of aryl methyl sites for hydroxylation is 1. The van der Waals surface area contributed by atoms with Gasteiger partial charge in [-0.3, -0.25) is 9.59 Å². The Morgan fingerprint density at radius 1 is 0.968 bits per heavy atom. The fraction of sp³-hybridized carbons (Fsp3) is 0.375. The van der Waals surface area contributed by atoms with Crippen LogP contribution in [0.3, 0.4) is 0 Å². The zero-order chi connectivity index (χ0) is 21.4. The molecule has 2 aliphatic rings. The van der Waals surface area contributed by atoms with Crippen molar-refractivity contribution < 1.29 is 14.0 Å². The first-order valence-electron chi connectivity index (χ1n) is 10.9. The molecule has 1 aliphatic carbocycles. The van der Waals surface area contributed by atoms with E-state index >= 15 is 0 Å². The van der Waals surface area contributed by atoms with Crippen LogP contribution in [0, 0.1) is 12.8 Å². The van der Waals surface area contributed by atoms with Crippen LogP contribution in [-0.2, 0) is 4.79 Å². The molecule has 7 nitrogen and oxygen atoms in total. The maximum atomic E-state index is 13.5. The van der Waals surface area contributed by atoms with Crippen LogP contribution < -0.4 is 0 Å². The van der Waals surface area contributed by atoms with E-state index in [1.165, 1.54) is 0 Å². The molecule has 160 valence electrons. The monoisotopic (exact) mass is 418 g/mol. The summed E-state index contributed by atoms with van der Waals surface area (Å²) in [6.45, 7) is 4.11. The van der Waals surface area contributed by atoms with Gasteiger partial charge in [-0.25, -0.2) is 4.68 Å². The molecule has 3 heterocycles. The van der Waals surface area contributed by atoms with E-state index in [0.29, 0.717) is 43.2 Å². The second-order valence-electron chi connectivity index (χ2n) is 8.33. The minimum atomic E-state index is -0.0815. The smallest absolute Gasteiger partial charge is 0.257 e. The molecule has 0 unspecified atom stereocenters. The lowest BCUT2D eigenvalue weighted by atomic mass is 9.84. The highest BCUT2D eigenvalue weighted by Gasteiger charge is 2.33. The molecule has 1 saturated carbocycles. The van der Waals surface area contributed by atoms with Crippen LogP contribution in [0.1, 0.15) is 35.4 Å². The van der Waals surface area contributed by atoms with E-state index in [9.17, 15) is 9.59 Å². The molecule has 2 aromatic heterocycles. The molecule has 5 rings (SSSR count). The molecular weight excluding hydrogens is 392 g/mol. The Morgan fingerprint density at radius 2 is 1.68 bits per heavy atom. The predicted octanol–water partition coefficient (Wildman–Crippen LogP) is 3.53. The first-order chi connectivity index (χ1) is 15.1. The molecule has 0 radical (unpaired) electrons.